The maximum Gasteiger partial charge on any atom is 0.119 e. The Kier molecular flexibility index (Phi) is 5.47. The van der Waals surface area contributed by atoms with E-state index in [2.05, 4.69) is 16.1 Å². The molecule has 0 radical (unpaired) electrons. The second-order valence-electron chi connectivity index (χ2n) is 6.02. The van der Waals surface area contributed by atoms with Gasteiger partial charge >= 0.3 is 0 Å². The first-order valence-corrected chi connectivity index (χ1v) is 8.19. The summed E-state index contributed by atoms with van der Waals surface area (Å²) in [5, 5.41) is 13.1. The maximum absolute atomic E-state index is 8.79. The summed E-state index contributed by atoms with van der Waals surface area (Å²) < 4.78 is 13.5. The van der Waals surface area contributed by atoms with Crippen LogP contribution in [0.15, 0.2) is 36.7 Å². The number of morpholine rings is 1. The average Bonchev–Trinajstić information content (AvgIpc) is 3.01. The minimum atomic E-state index is 0.160. The molecule has 1 saturated heterocycles. The van der Waals surface area contributed by atoms with Crippen LogP contribution in [0.2, 0.25) is 0 Å². The van der Waals surface area contributed by atoms with Crippen molar-refractivity contribution in [3.8, 4) is 11.8 Å². The van der Waals surface area contributed by atoms with Gasteiger partial charge in [-0.15, -0.1) is 0 Å². The van der Waals surface area contributed by atoms with E-state index >= 15 is 0 Å². The Balaban J connectivity index is 1.42. The van der Waals surface area contributed by atoms with E-state index in [1.165, 1.54) is 5.56 Å². The molecular formula is C18H22N4O2. The number of benzene rings is 1. The summed E-state index contributed by atoms with van der Waals surface area (Å²) in [5.74, 6) is 0.797. The third kappa shape index (κ3) is 4.57. The van der Waals surface area contributed by atoms with E-state index in [-0.39, 0.29) is 6.10 Å². The van der Waals surface area contributed by atoms with Crippen molar-refractivity contribution in [2.75, 3.05) is 32.8 Å². The SMILES string of the molecule is Cc1cnn(CC2CN(CCOc3ccc(C#N)cc3)CCO2)c1. The fourth-order valence-corrected chi connectivity index (χ4v) is 2.79. The Bertz CT molecular complexity index is 690. The van der Waals surface area contributed by atoms with Crippen LogP contribution in [-0.2, 0) is 11.3 Å². The average molecular weight is 326 g/mol. The van der Waals surface area contributed by atoms with Gasteiger partial charge in [-0.05, 0) is 36.8 Å². The fraction of sp³-hybridized carbons (Fsp3) is 0.444. The zero-order valence-corrected chi connectivity index (χ0v) is 13.9. The zero-order valence-electron chi connectivity index (χ0n) is 13.9. The number of nitrogens with zero attached hydrogens (tertiary/aromatic N) is 4. The number of aromatic nitrogens is 2. The van der Waals surface area contributed by atoms with Crippen LogP contribution in [0.4, 0.5) is 0 Å². The molecule has 1 atom stereocenters. The second-order valence-corrected chi connectivity index (χ2v) is 6.02. The Morgan fingerprint density at radius 1 is 1.38 bits per heavy atom. The molecule has 0 aliphatic carbocycles. The van der Waals surface area contributed by atoms with Crippen molar-refractivity contribution >= 4 is 0 Å². The van der Waals surface area contributed by atoms with Gasteiger partial charge in [0.15, 0.2) is 0 Å². The Morgan fingerprint density at radius 3 is 2.92 bits per heavy atom. The standard InChI is InChI=1S/C18H22N4O2/c1-15-11-20-22(12-15)14-18-13-21(7-9-24-18)6-8-23-17-4-2-16(10-19)3-5-17/h2-5,11-12,18H,6-9,13-14H2,1H3. The second kappa shape index (κ2) is 7.95. The smallest absolute Gasteiger partial charge is 0.119 e. The minimum absolute atomic E-state index is 0.160. The van der Waals surface area contributed by atoms with E-state index in [9.17, 15) is 0 Å². The van der Waals surface area contributed by atoms with Crippen LogP contribution in [0, 0.1) is 18.3 Å². The van der Waals surface area contributed by atoms with Crippen LogP contribution in [0.25, 0.3) is 0 Å². The van der Waals surface area contributed by atoms with Gasteiger partial charge in [0.1, 0.15) is 12.4 Å². The lowest BCUT2D eigenvalue weighted by atomic mass is 10.2. The van der Waals surface area contributed by atoms with Crippen LogP contribution >= 0.6 is 0 Å². The third-order valence-electron chi connectivity index (χ3n) is 4.04. The number of hydrogen-bond donors (Lipinski definition) is 0. The molecule has 0 bridgehead atoms. The quantitative estimate of drug-likeness (QED) is 0.810. The molecule has 3 rings (SSSR count). The molecule has 0 spiro atoms. The van der Waals surface area contributed by atoms with E-state index in [0.717, 1.165) is 38.5 Å². The van der Waals surface area contributed by atoms with Crippen molar-refractivity contribution in [2.24, 2.45) is 0 Å². The van der Waals surface area contributed by atoms with Gasteiger partial charge in [-0.25, -0.2) is 0 Å². The monoisotopic (exact) mass is 326 g/mol. The van der Waals surface area contributed by atoms with Gasteiger partial charge in [-0.3, -0.25) is 9.58 Å². The van der Waals surface area contributed by atoms with Gasteiger partial charge in [-0.2, -0.15) is 10.4 Å². The summed E-state index contributed by atoms with van der Waals surface area (Å²) in [6.07, 6.45) is 4.07. The molecule has 0 saturated carbocycles. The first-order chi connectivity index (χ1) is 11.7. The van der Waals surface area contributed by atoms with Crippen molar-refractivity contribution in [1.29, 1.82) is 5.26 Å². The Labute approximate surface area is 142 Å². The molecule has 6 heteroatoms. The molecule has 1 aliphatic rings. The van der Waals surface area contributed by atoms with Gasteiger partial charge in [0, 0.05) is 25.8 Å². The molecule has 0 amide bonds. The Morgan fingerprint density at radius 2 is 2.21 bits per heavy atom. The van der Waals surface area contributed by atoms with E-state index < -0.39 is 0 Å². The molecule has 24 heavy (non-hydrogen) atoms. The van der Waals surface area contributed by atoms with E-state index in [4.69, 9.17) is 14.7 Å². The lowest BCUT2D eigenvalue weighted by molar-refractivity contribution is -0.0400. The van der Waals surface area contributed by atoms with Crippen LogP contribution in [0.1, 0.15) is 11.1 Å². The highest BCUT2D eigenvalue weighted by Crippen LogP contribution is 2.12. The Hall–Kier alpha value is -2.36. The lowest BCUT2D eigenvalue weighted by Gasteiger charge is -2.32. The van der Waals surface area contributed by atoms with Crippen LogP contribution in [0.5, 0.6) is 5.75 Å². The molecule has 126 valence electrons. The molecule has 1 aromatic heterocycles. The fourth-order valence-electron chi connectivity index (χ4n) is 2.79. The molecule has 1 aromatic carbocycles. The predicted octanol–water partition coefficient (Wildman–Crippen LogP) is 1.84. The van der Waals surface area contributed by atoms with Gasteiger partial charge in [0.05, 0.1) is 37.1 Å². The minimum Gasteiger partial charge on any atom is -0.492 e. The van der Waals surface area contributed by atoms with Gasteiger partial charge in [-0.1, -0.05) is 0 Å². The highest BCUT2D eigenvalue weighted by molar-refractivity contribution is 5.34. The largest absolute Gasteiger partial charge is 0.492 e. The molecule has 1 unspecified atom stereocenters. The highest BCUT2D eigenvalue weighted by Gasteiger charge is 2.20. The van der Waals surface area contributed by atoms with E-state index in [1.54, 1.807) is 12.1 Å². The van der Waals surface area contributed by atoms with Crippen LogP contribution < -0.4 is 4.74 Å². The van der Waals surface area contributed by atoms with Gasteiger partial charge < -0.3 is 9.47 Å². The van der Waals surface area contributed by atoms with Gasteiger partial charge in [0.25, 0.3) is 0 Å². The number of ether oxygens (including phenoxy) is 2. The lowest BCUT2D eigenvalue weighted by Crippen LogP contribution is -2.45. The molecule has 0 N–H and O–H groups in total. The van der Waals surface area contributed by atoms with Crippen molar-refractivity contribution in [2.45, 2.75) is 19.6 Å². The first kappa shape index (κ1) is 16.5. The summed E-state index contributed by atoms with van der Waals surface area (Å²) in [6.45, 7) is 6.85. The van der Waals surface area contributed by atoms with Crippen LogP contribution in [-0.4, -0.2) is 53.6 Å². The number of rotatable bonds is 6. The van der Waals surface area contributed by atoms with Crippen molar-refractivity contribution in [1.82, 2.24) is 14.7 Å². The number of aryl methyl sites for hydroxylation is 1. The van der Waals surface area contributed by atoms with E-state index in [0.29, 0.717) is 12.2 Å². The topological polar surface area (TPSA) is 63.3 Å². The first-order valence-electron chi connectivity index (χ1n) is 8.19. The van der Waals surface area contributed by atoms with E-state index in [1.807, 2.05) is 36.1 Å². The molecular weight excluding hydrogens is 304 g/mol. The molecule has 6 nitrogen and oxygen atoms in total. The van der Waals surface area contributed by atoms with Crippen molar-refractivity contribution < 1.29 is 9.47 Å². The molecule has 1 aliphatic heterocycles. The number of nitriles is 1. The molecule has 2 aromatic rings. The zero-order chi connectivity index (χ0) is 16.8. The highest BCUT2D eigenvalue weighted by atomic mass is 16.5. The molecule has 1 fully saturated rings. The van der Waals surface area contributed by atoms with Crippen LogP contribution in [0.3, 0.4) is 0 Å². The summed E-state index contributed by atoms with van der Waals surface area (Å²) in [5.41, 5.74) is 1.81. The summed E-state index contributed by atoms with van der Waals surface area (Å²) in [6, 6.07) is 9.31. The van der Waals surface area contributed by atoms with Gasteiger partial charge in [0.2, 0.25) is 0 Å². The number of hydrogen-bond acceptors (Lipinski definition) is 5. The van der Waals surface area contributed by atoms with Crippen molar-refractivity contribution in [3.05, 3.63) is 47.8 Å². The van der Waals surface area contributed by atoms with Crippen molar-refractivity contribution in [3.63, 3.8) is 0 Å². The third-order valence-corrected chi connectivity index (χ3v) is 4.04. The summed E-state index contributed by atoms with van der Waals surface area (Å²) in [7, 11) is 0. The maximum atomic E-state index is 8.79. The summed E-state index contributed by atoms with van der Waals surface area (Å²) >= 11 is 0. The molecule has 2 heterocycles. The summed E-state index contributed by atoms with van der Waals surface area (Å²) in [4.78, 5) is 2.36. The predicted molar refractivity (Wildman–Crippen MR) is 89.8 cm³/mol. The normalized spacial score (nSPS) is 18.2.